The zero-order valence-electron chi connectivity index (χ0n) is 25.9. The van der Waals surface area contributed by atoms with Crippen LogP contribution in [0.3, 0.4) is 0 Å². The lowest BCUT2D eigenvalue weighted by Crippen LogP contribution is -2.54. The number of rotatable bonds is 19. The quantitative estimate of drug-likeness (QED) is 0.0988. The third-order valence-corrected chi connectivity index (χ3v) is 7.30. The molecule has 3 rings (SSSR count). The lowest BCUT2D eigenvalue weighted by atomic mass is 10.0. The molecule has 0 aliphatic heterocycles. The number of benzene rings is 3. The van der Waals surface area contributed by atoms with Crippen LogP contribution >= 0.6 is 0 Å². The number of aldehydes is 2. The van der Waals surface area contributed by atoms with Crippen molar-refractivity contribution in [3.8, 4) is 0 Å². The lowest BCUT2D eigenvalue weighted by molar-refractivity contribution is -0.131. The van der Waals surface area contributed by atoms with Crippen molar-refractivity contribution in [1.29, 1.82) is 0 Å². The molecule has 11 heteroatoms. The van der Waals surface area contributed by atoms with Crippen LogP contribution < -0.4 is 26.6 Å². The molecule has 3 aromatic rings. The van der Waals surface area contributed by atoms with Gasteiger partial charge in [0.1, 0.15) is 18.6 Å². The first kappa shape index (κ1) is 35.3. The summed E-state index contributed by atoms with van der Waals surface area (Å²) in [7, 11) is 1.68. The van der Waals surface area contributed by atoms with E-state index in [4.69, 9.17) is 0 Å². The number of hydrogen-bond acceptors (Lipinski definition) is 7. The van der Waals surface area contributed by atoms with Crippen LogP contribution in [0.25, 0.3) is 0 Å². The fraction of sp³-hybridized carbons (Fsp3) is 0.314. The third kappa shape index (κ3) is 12.1. The molecular weight excluding hydrogens is 586 g/mol. The van der Waals surface area contributed by atoms with Gasteiger partial charge >= 0.3 is 0 Å². The van der Waals surface area contributed by atoms with Gasteiger partial charge in [-0.2, -0.15) is 0 Å². The Morgan fingerprint density at radius 1 is 0.696 bits per heavy atom. The number of likely N-dealkylation sites (N-methyl/N-ethyl adjacent to an activating group) is 1. The summed E-state index contributed by atoms with van der Waals surface area (Å²) in [6.07, 6.45) is 3.12. The van der Waals surface area contributed by atoms with Crippen LogP contribution in [0.2, 0.25) is 0 Å². The fourth-order valence-electron chi connectivity index (χ4n) is 4.77. The molecule has 0 saturated carbocycles. The van der Waals surface area contributed by atoms with Crippen molar-refractivity contribution in [3.05, 3.63) is 107 Å². The molecule has 0 saturated heterocycles. The summed E-state index contributed by atoms with van der Waals surface area (Å²) >= 11 is 0. The number of amides is 4. The lowest BCUT2D eigenvalue weighted by Gasteiger charge is -2.22. The van der Waals surface area contributed by atoms with E-state index in [9.17, 15) is 28.8 Å². The van der Waals surface area contributed by atoms with Crippen molar-refractivity contribution in [2.75, 3.05) is 20.1 Å². The van der Waals surface area contributed by atoms with Gasteiger partial charge in [0.15, 0.2) is 0 Å². The predicted octanol–water partition coefficient (Wildman–Crippen LogP) is 1.30. The number of hydrogen-bond donors (Lipinski definition) is 5. The second kappa shape index (κ2) is 19.3. The van der Waals surface area contributed by atoms with Crippen LogP contribution in [0.15, 0.2) is 84.9 Å². The van der Waals surface area contributed by atoms with Crippen molar-refractivity contribution in [2.45, 2.75) is 50.2 Å². The molecule has 0 aliphatic carbocycles. The summed E-state index contributed by atoms with van der Waals surface area (Å²) in [6.45, 7) is -0.0886. The second-order valence-corrected chi connectivity index (χ2v) is 10.8. The molecule has 0 bridgehead atoms. The summed E-state index contributed by atoms with van der Waals surface area (Å²) < 4.78 is 0. The van der Waals surface area contributed by atoms with Gasteiger partial charge in [0, 0.05) is 24.9 Å². The second-order valence-electron chi connectivity index (χ2n) is 10.8. The zero-order chi connectivity index (χ0) is 33.1. The van der Waals surface area contributed by atoms with E-state index in [0.29, 0.717) is 30.3 Å². The van der Waals surface area contributed by atoms with Crippen molar-refractivity contribution >= 4 is 36.2 Å². The van der Waals surface area contributed by atoms with Crippen molar-refractivity contribution in [2.24, 2.45) is 0 Å². The Hall–Kier alpha value is -5.16. The van der Waals surface area contributed by atoms with Crippen molar-refractivity contribution in [1.82, 2.24) is 26.6 Å². The highest BCUT2D eigenvalue weighted by molar-refractivity contribution is 5.94. The van der Waals surface area contributed by atoms with Gasteiger partial charge in [0.2, 0.25) is 17.7 Å². The van der Waals surface area contributed by atoms with Gasteiger partial charge in [-0.3, -0.25) is 19.2 Å². The van der Waals surface area contributed by atoms with Gasteiger partial charge < -0.3 is 36.2 Å². The average Bonchev–Trinajstić information content (AvgIpc) is 3.08. The van der Waals surface area contributed by atoms with Crippen molar-refractivity contribution < 1.29 is 28.8 Å². The molecule has 11 nitrogen and oxygen atoms in total. The third-order valence-electron chi connectivity index (χ3n) is 7.30. The smallest absolute Gasteiger partial charge is 0.251 e. The van der Waals surface area contributed by atoms with Gasteiger partial charge in [-0.15, -0.1) is 0 Å². The summed E-state index contributed by atoms with van der Waals surface area (Å²) in [5, 5.41) is 13.7. The van der Waals surface area contributed by atoms with E-state index in [2.05, 4.69) is 26.6 Å². The molecule has 0 heterocycles. The topological polar surface area (TPSA) is 163 Å². The van der Waals surface area contributed by atoms with E-state index in [1.807, 2.05) is 60.7 Å². The highest BCUT2D eigenvalue weighted by Crippen LogP contribution is 2.09. The number of carbonyl (C=O) groups excluding carboxylic acids is 6. The number of nitrogens with one attached hydrogen (secondary N) is 5. The predicted molar refractivity (Wildman–Crippen MR) is 174 cm³/mol. The normalized spacial score (nSPS) is 12.5. The molecule has 3 aromatic carbocycles. The molecule has 0 radical (unpaired) electrons. The van der Waals surface area contributed by atoms with Crippen LogP contribution in [0, 0.1) is 0 Å². The minimum absolute atomic E-state index is 0.165. The Bertz CT molecular complexity index is 1430. The first-order valence-corrected chi connectivity index (χ1v) is 15.2. The Labute approximate surface area is 268 Å². The Kier molecular flexibility index (Phi) is 14.8. The standard InChI is InChI=1S/C35H41N5O6/c1-36-30(18-15-25-9-4-2-5-10-25)34(45)38-23-32(43)40-31(22-26-11-6-3-7-12-26)35(46)39-29(24-42)21-27-13-16-28(17-14-27)33(44)37-19-8-20-41/h2-7,9-14,16-17,20,24,29-31,36H,8,15,18-19,21-23H2,1H3,(H,37,44)(H,38,45)(H,39,46)(H,40,43)/t29-,30+,31+/m0/s1. The largest absolute Gasteiger partial charge is 0.352 e. The highest BCUT2D eigenvalue weighted by Gasteiger charge is 2.25. The number of aryl methyl sites for hydroxylation is 1. The molecule has 3 atom stereocenters. The van der Waals surface area contributed by atoms with E-state index in [0.717, 1.165) is 17.4 Å². The molecular formula is C35H41N5O6. The van der Waals surface area contributed by atoms with Crippen LogP contribution in [0.4, 0.5) is 0 Å². The molecule has 0 unspecified atom stereocenters. The highest BCUT2D eigenvalue weighted by atomic mass is 16.2. The SMILES string of the molecule is CN[C@H](CCc1ccccc1)C(=O)NCC(=O)N[C@H](Cc1ccccc1)C(=O)N[C@H](C=O)Cc1ccc(C(=O)NCCC=O)cc1. The summed E-state index contributed by atoms with van der Waals surface area (Å²) in [5.41, 5.74) is 3.01. The molecule has 4 amide bonds. The van der Waals surface area contributed by atoms with E-state index in [1.165, 1.54) is 0 Å². The fourth-order valence-corrected chi connectivity index (χ4v) is 4.77. The molecule has 0 aromatic heterocycles. The van der Waals surface area contributed by atoms with Gasteiger partial charge in [0.25, 0.3) is 5.91 Å². The van der Waals surface area contributed by atoms with E-state index in [1.54, 1.807) is 31.3 Å². The monoisotopic (exact) mass is 627 g/mol. The molecule has 0 spiro atoms. The van der Waals surface area contributed by atoms with E-state index >= 15 is 0 Å². The van der Waals surface area contributed by atoms with E-state index in [-0.39, 0.29) is 44.2 Å². The maximum atomic E-state index is 13.4. The van der Waals surface area contributed by atoms with Crippen LogP contribution in [-0.4, -0.2) is 74.5 Å². The van der Waals surface area contributed by atoms with E-state index < -0.39 is 29.9 Å². The van der Waals surface area contributed by atoms with Gasteiger partial charge in [-0.05, 0) is 55.1 Å². The average molecular weight is 628 g/mol. The van der Waals surface area contributed by atoms with Gasteiger partial charge in [-0.1, -0.05) is 72.8 Å². The Balaban J connectivity index is 1.58. The molecule has 46 heavy (non-hydrogen) atoms. The van der Waals surface area contributed by atoms with Crippen molar-refractivity contribution in [3.63, 3.8) is 0 Å². The van der Waals surface area contributed by atoms with Gasteiger partial charge in [-0.25, -0.2) is 0 Å². The molecule has 242 valence electrons. The van der Waals surface area contributed by atoms with Crippen LogP contribution in [-0.2, 0) is 43.2 Å². The Morgan fingerprint density at radius 2 is 1.33 bits per heavy atom. The van der Waals surface area contributed by atoms with Crippen LogP contribution in [0.1, 0.15) is 39.9 Å². The minimum Gasteiger partial charge on any atom is -0.352 e. The first-order chi connectivity index (χ1) is 22.3. The maximum Gasteiger partial charge on any atom is 0.251 e. The maximum absolute atomic E-state index is 13.4. The minimum atomic E-state index is -1.01. The van der Waals surface area contributed by atoms with Crippen LogP contribution in [0.5, 0.6) is 0 Å². The zero-order valence-corrected chi connectivity index (χ0v) is 25.9. The number of carbonyl (C=O) groups is 6. The molecule has 5 N–H and O–H groups in total. The molecule has 0 fully saturated rings. The first-order valence-electron chi connectivity index (χ1n) is 15.2. The summed E-state index contributed by atoms with van der Waals surface area (Å²) in [6, 6.07) is 23.1. The summed E-state index contributed by atoms with van der Waals surface area (Å²) in [4.78, 5) is 73.6. The Morgan fingerprint density at radius 3 is 1.93 bits per heavy atom. The van der Waals surface area contributed by atoms with Gasteiger partial charge in [0.05, 0.1) is 18.6 Å². The summed E-state index contributed by atoms with van der Waals surface area (Å²) in [5.74, 6) is -1.75. The molecule has 0 aliphatic rings.